The summed E-state index contributed by atoms with van der Waals surface area (Å²) in [6, 6.07) is -0.585. The van der Waals surface area contributed by atoms with Gasteiger partial charge in [-0.1, -0.05) is 6.42 Å². The summed E-state index contributed by atoms with van der Waals surface area (Å²) in [5.41, 5.74) is 0. The second-order valence-corrected chi connectivity index (χ2v) is 5.00. The molecule has 0 aromatic rings. The molecule has 1 heterocycles. The Balaban J connectivity index is 2.36. The van der Waals surface area contributed by atoms with Crippen molar-refractivity contribution in [3.05, 3.63) is 0 Å². The zero-order valence-electron chi connectivity index (χ0n) is 10.9. The van der Waals surface area contributed by atoms with Gasteiger partial charge in [0, 0.05) is 13.0 Å². The number of aliphatic hydroxyl groups is 4. The van der Waals surface area contributed by atoms with E-state index in [0.717, 1.165) is 12.8 Å². The Labute approximate surface area is 112 Å². The smallest absolute Gasteiger partial charge is 0.303 e. The number of carboxylic acids is 1. The fourth-order valence-electron chi connectivity index (χ4n) is 2.40. The van der Waals surface area contributed by atoms with Gasteiger partial charge in [-0.25, -0.2) is 0 Å². The van der Waals surface area contributed by atoms with Crippen LogP contribution in [0.5, 0.6) is 0 Å². The number of aliphatic carboxylic acids is 1. The van der Waals surface area contributed by atoms with Crippen molar-refractivity contribution in [1.29, 1.82) is 0 Å². The van der Waals surface area contributed by atoms with Crippen molar-refractivity contribution in [3.8, 4) is 0 Å². The Bertz CT molecular complexity index is 287. The largest absolute Gasteiger partial charge is 0.481 e. The topological polar surface area (TPSA) is 121 Å². The Morgan fingerprint density at radius 3 is 2.37 bits per heavy atom. The van der Waals surface area contributed by atoms with E-state index in [1.54, 1.807) is 4.90 Å². The van der Waals surface area contributed by atoms with Gasteiger partial charge in [0.1, 0.15) is 12.2 Å². The van der Waals surface area contributed by atoms with Crippen LogP contribution in [0.1, 0.15) is 25.7 Å². The molecule has 112 valence electrons. The molecular formula is C12H23NO6. The molecule has 4 unspecified atom stereocenters. The predicted molar refractivity (Wildman–Crippen MR) is 66.6 cm³/mol. The SMILES string of the molecule is O=C(O)CCCCCN1CC(O)C(O)C(O)C1CO. The second kappa shape index (κ2) is 7.76. The number of unbranched alkanes of at least 4 members (excludes halogenated alkanes) is 2. The first-order valence-corrected chi connectivity index (χ1v) is 6.58. The molecule has 1 fully saturated rings. The summed E-state index contributed by atoms with van der Waals surface area (Å²) in [6.45, 7) is 0.453. The number of hydrogen-bond acceptors (Lipinski definition) is 6. The molecule has 7 heteroatoms. The van der Waals surface area contributed by atoms with Crippen LogP contribution in [0.2, 0.25) is 0 Å². The Hall–Kier alpha value is -0.730. The summed E-state index contributed by atoms with van der Waals surface area (Å²) < 4.78 is 0. The zero-order chi connectivity index (χ0) is 14.4. The fraction of sp³-hybridized carbons (Fsp3) is 0.917. The van der Waals surface area contributed by atoms with Crippen LogP contribution in [0.25, 0.3) is 0 Å². The summed E-state index contributed by atoms with van der Waals surface area (Å²) in [6.07, 6.45) is -1.27. The van der Waals surface area contributed by atoms with Crippen LogP contribution in [0.15, 0.2) is 0 Å². The summed E-state index contributed by atoms with van der Waals surface area (Å²) in [4.78, 5) is 12.1. The van der Waals surface area contributed by atoms with Gasteiger partial charge in [-0.2, -0.15) is 0 Å². The van der Waals surface area contributed by atoms with E-state index in [-0.39, 0.29) is 19.6 Å². The van der Waals surface area contributed by atoms with Crippen LogP contribution in [0.4, 0.5) is 0 Å². The number of likely N-dealkylation sites (tertiary alicyclic amines) is 1. The first kappa shape index (κ1) is 16.3. The average Bonchev–Trinajstić information content (AvgIpc) is 2.35. The summed E-state index contributed by atoms with van der Waals surface area (Å²) >= 11 is 0. The first-order valence-electron chi connectivity index (χ1n) is 6.58. The highest BCUT2D eigenvalue weighted by atomic mass is 16.4. The van der Waals surface area contributed by atoms with Crippen molar-refractivity contribution < 1.29 is 30.3 Å². The normalized spacial score (nSPS) is 32.4. The lowest BCUT2D eigenvalue weighted by molar-refractivity contribution is -0.145. The Morgan fingerprint density at radius 2 is 1.79 bits per heavy atom. The fourth-order valence-corrected chi connectivity index (χ4v) is 2.40. The molecular weight excluding hydrogens is 254 g/mol. The molecule has 1 saturated heterocycles. The molecule has 4 atom stereocenters. The number of rotatable bonds is 7. The number of aliphatic hydroxyl groups excluding tert-OH is 4. The third-order valence-corrected chi connectivity index (χ3v) is 3.55. The molecule has 19 heavy (non-hydrogen) atoms. The minimum absolute atomic E-state index is 0.132. The number of hydrogen-bond donors (Lipinski definition) is 5. The van der Waals surface area contributed by atoms with Crippen LogP contribution in [0.3, 0.4) is 0 Å². The highest BCUT2D eigenvalue weighted by Crippen LogP contribution is 2.19. The molecule has 0 aromatic heterocycles. The maximum Gasteiger partial charge on any atom is 0.303 e. The first-order chi connectivity index (χ1) is 8.97. The van der Waals surface area contributed by atoms with Crippen molar-refractivity contribution in [2.75, 3.05) is 19.7 Å². The van der Waals surface area contributed by atoms with Gasteiger partial charge in [0.25, 0.3) is 0 Å². The van der Waals surface area contributed by atoms with Crippen molar-refractivity contribution in [3.63, 3.8) is 0 Å². The quantitative estimate of drug-likeness (QED) is 0.355. The lowest BCUT2D eigenvalue weighted by atomic mass is 9.94. The monoisotopic (exact) mass is 277 g/mol. The van der Waals surface area contributed by atoms with Gasteiger partial charge in [0.2, 0.25) is 0 Å². The maximum atomic E-state index is 10.3. The van der Waals surface area contributed by atoms with Crippen molar-refractivity contribution in [2.24, 2.45) is 0 Å². The number of β-amino-alcohol motifs (C(OH)–C–C–N with tert-alkyl or cyclic N) is 1. The van der Waals surface area contributed by atoms with Crippen LogP contribution in [0, 0.1) is 0 Å². The van der Waals surface area contributed by atoms with E-state index in [4.69, 9.17) is 5.11 Å². The number of piperidine rings is 1. The summed E-state index contributed by atoms with van der Waals surface area (Å²) in [5.74, 6) is -0.819. The predicted octanol–water partition coefficient (Wildman–Crippen LogP) is -1.61. The van der Waals surface area contributed by atoms with E-state index >= 15 is 0 Å². The summed E-state index contributed by atoms with van der Waals surface area (Å²) in [5, 5.41) is 46.6. The Morgan fingerprint density at radius 1 is 1.11 bits per heavy atom. The molecule has 5 N–H and O–H groups in total. The number of carbonyl (C=O) groups is 1. The molecule has 1 aliphatic rings. The van der Waals surface area contributed by atoms with Gasteiger partial charge in [-0.15, -0.1) is 0 Å². The van der Waals surface area contributed by atoms with Gasteiger partial charge < -0.3 is 25.5 Å². The minimum Gasteiger partial charge on any atom is -0.481 e. The van der Waals surface area contributed by atoms with E-state index in [2.05, 4.69) is 0 Å². The molecule has 1 aliphatic heterocycles. The van der Waals surface area contributed by atoms with Gasteiger partial charge >= 0.3 is 5.97 Å². The molecule has 0 aliphatic carbocycles. The van der Waals surface area contributed by atoms with Gasteiger partial charge in [0.05, 0.1) is 18.8 Å². The highest BCUT2D eigenvalue weighted by molar-refractivity contribution is 5.66. The van der Waals surface area contributed by atoms with E-state index in [9.17, 15) is 25.2 Å². The van der Waals surface area contributed by atoms with Gasteiger partial charge in [0.15, 0.2) is 0 Å². The standard InChI is InChI=1S/C12H23NO6/c14-7-8-11(18)12(19)9(15)6-13(8)5-3-1-2-4-10(16)17/h8-9,11-12,14-15,18-19H,1-7H2,(H,16,17). The van der Waals surface area contributed by atoms with Crippen molar-refractivity contribution >= 4 is 5.97 Å². The molecule has 7 nitrogen and oxygen atoms in total. The maximum absolute atomic E-state index is 10.3. The minimum atomic E-state index is -1.24. The van der Waals surface area contributed by atoms with E-state index in [0.29, 0.717) is 13.0 Å². The number of nitrogens with zero attached hydrogens (tertiary/aromatic N) is 1. The molecule has 0 radical (unpaired) electrons. The van der Waals surface area contributed by atoms with E-state index in [1.807, 2.05) is 0 Å². The van der Waals surface area contributed by atoms with Crippen molar-refractivity contribution in [1.82, 2.24) is 4.90 Å². The van der Waals surface area contributed by atoms with Crippen LogP contribution >= 0.6 is 0 Å². The molecule has 0 saturated carbocycles. The number of carboxylic acid groups (broad SMARTS) is 1. The third-order valence-electron chi connectivity index (χ3n) is 3.55. The third kappa shape index (κ3) is 4.70. The molecule has 0 aromatic carbocycles. The lowest BCUT2D eigenvalue weighted by Crippen LogP contribution is -2.62. The lowest BCUT2D eigenvalue weighted by Gasteiger charge is -2.43. The average molecular weight is 277 g/mol. The van der Waals surface area contributed by atoms with E-state index < -0.39 is 30.3 Å². The summed E-state index contributed by atoms with van der Waals surface area (Å²) in [7, 11) is 0. The van der Waals surface area contributed by atoms with Crippen LogP contribution in [-0.4, -0.2) is 80.5 Å². The van der Waals surface area contributed by atoms with Gasteiger partial charge in [-0.3, -0.25) is 9.69 Å². The highest BCUT2D eigenvalue weighted by Gasteiger charge is 2.40. The van der Waals surface area contributed by atoms with Crippen LogP contribution in [-0.2, 0) is 4.79 Å². The van der Waals surface area contributed by atoms with Gasteiger partial charge in [-0.05, 0) is 19.4 Å². The zero-order valence-corrected chi connectivity index (χ0v) is 10.9. The van der Waals surface area contributed by atoms with Crippen molar-refractivity contribution in [2.45, 2.75) is 50.0 Å². The van der Waals surface area contributed by atoms with E-state index in [1.165, 1.54) is 0 Å². The Kier molecular flexibility index (Phi) is 6.67. The molecule has 0 bridgehead atoms. The molecule has 0 amide bonds. The van der Waals surface area contributed by atoms with Crippen LogP contribution < -0.4 is 0 Å². The molecule has 0 spiro atoms. The second-order valence-electron chi connectivity index (χ2n) is 5.00. The molecule has 1 rings (SSSR count).